The molecular weight excluding hydrogens is 670 g/mol. The number of para-hydroxylation sites is 2. The maximum Gasteiger partial charge on any atom is 0.220 e. The minimum absolute atomic E-state index is 0. The molecule has 3 aromatic rings. The number of halogens is 2. The first-order valence-electron chi connectivity index (χ1n) is 11.3. The van der Waals surface area contributed by atoms with Crippen LogP contribution in [0.3, 0.4) is 0 Å². The summed E-state index contributed by atoms with van der Waals surface area (Å²) in [4.78, 5) is 15.3. The second-order valence-electron chi connectivity index (χ2n) is 8.04. The Morgan fingerprint density at radius 1 is 1.09 bits per heavy atom. The van der Waals surface area contributed by atoms with Crippen LogP contribution in [0.2, 0.25) is 0 Å². The molecule has 4 rings (SSSR count). The summed E-state index contributed by atoms with van der Waals surface area (Å²) in [7, 11) is 2.13. The highest BCUT2D eigenvalue weighted by Crippen LogP contribution is 2.45. The third kappa shape index (κ3) is 7.08. The zero-order chi connectivity index (χ0) is 22.3. The van der Waals surface area contributed by atoms with Crippen molar-refractivity contribution in [3.63, 3.8) is 0 Å². The number of aryl methyl sites for hydroxylation is 1. The Morgan fingerprint density at radius 3 is 2.65 bits per heavy atom. The largest absolute Gasteiger partial charge is 1.00 e. The van der Waals surface area contributed by atoms with E-state index in [0.29, 0.717) is 19.5 Å². The van der Waals surface area contributed by atoms with E-state index in [0.717, 1.165) is 25.8 Å². The number of hydrogen-bond acceptors (Lipinski definition) is 4. The Hall–Kier alpha value is -1.37. The number of nitrogens with two attached hydrogens (primary N) is 1. The van der Waals surface area contributed by atoms with Gasteiger partial charge in [-0.1, -0.05) is 36.0 Å². The zero-order valence-electron chi connectivity index (χ0n) is 19.4. The Balaban J connectivity index is 0.00000204. The second-order valence-corrected chi connectivity index (χ2v) is 9.10. The normalized spacial score (nSPS) is 13.4. The molecule has 0 unspecified atom stereocenters. The molecule has 8 heteroatoms. The number of aromatic nitrogens is 1. The van der Waals surface area contributed by atoms with E-state index in [-0.39, 0.29) is 53.9 Å². The molecule has 1 aliphatic rings. The van der Waals surface area contributed by atoms with Crippen molar-refractivity contribution >= 4 is 64.3 Å². The van der Waals surface area contributed by atoms with Crippen molar-refractivity contribution in [1.29, 1.82) is 0 Å². The van der Waals surface area contributed by atoms with Gasteiger partial charge in [-0.3, -0.25) is 4.79 Å². The van der Waals surface area contributed by atoms with Gasteiger partial charge >= 0.3 is 0 Å². The van der Waals surface area contributed by atoms with Crippen LogP contribution >= 0.6 is 35.7 Å². The molecule has 0 spiro atoms. The molecule has 0 saturated heterocycles. The molecule has 0 radical (unpaired) electrons. The molecule has 2 heterocycles. The van der Waals surface area contributed by atoms with Gasteiger partial charge in [0.05, 0.1) is 16.1 Å². The first kappa shape index (κ1) is 28.9. The fourth-order valence-electron chi connectivity index (χ4n) is 4.05. The number of nitrogens with one attached hydrogen (secondary N) is 1. The number of anilines is 1. The lowest BCUT2D eigenvalue weighted by atomic mass is 10.1. The lowest BCUT2D eigenvalue weighted by Gasteiger charge is -2.13. The van der Waals surface area contributed by atoms with Gasteiger partial charge in [-0.2, -0.15) is 4.57 Å². The summed E-state index contributed by atoms with van der Waals surface area (Å²) < 4.78 is 2.33. The third-order valence-electron chi connectivity index (χ3n) is 5.78. The molecule has 5 nitrogen and oxygen atoms in total. The maximum absolute atomic E-state index is 11.7. The number of benzene rings is 2. The molecule has 0 atom stereocenters. The zero-order valence-corrected chi connectivity index (χ0v) is 24.7. The number of fused-ring (bicyclic) bond motifs is 2. The number of amides is 1. The Kier molecular flexibility index (Phi) is 12.1. The Labute approximate surface area is 240 Å². The van der Waals surface area contributed by atoms with Gasteiger partial charge in [-0.25, -0.2) is 0 Å². The molecule has 0 saturated carbocycles. The summed E-state index contributed by atoms with van der Waals surface area (Å²) in [6, 6.07) is 19.3. The van der Waals surface area contributed by atoms with Crippen LogP contribution in [0.4, 0.5) is 5.69 Å². The summed E-state index contributed by atoms with van der Waals surface area (Å²) in [5.74, 6) is 0.0999. The minimum Gasteiger partial charge on any atom is -1.00 e. The number of pyridine rings is 1. The fraction of sp³-hybridized carbons (Fsp3) is 0.308. The van der Waals surface area contributed by atoms with Crippen LogP contribution in [0.5, 0.6) is 0 Å². The second kappa shape index (κ2) is 14.3. The SMILES string of the molecule is CN1C(=Cc2cc[n+](CCCCCC(=O)NCCN)c3ccccc23)Sc2ccccc21.I.[I-]. The van der Waals surface area contributed by atoms with Crippen molar-refractivity contribution < 1.29 is 33.3 Å². The first-order valence-corrected chi connectivity index (χ1v) is 12.1. The van der Waals surface area contributed by atoms with Gasteiger partial charge in [0, 0.05) is 50.0 Å². The highest BCUT2D eigenvalue weighted by Gasteiger charge is 2.22. The summed E-state index contributed by atoms with van der Waals surface area (Å²) in [5, 5.41) is 5.33. The molecule has 1 aliphatic heterocycles. The van der Waals surface area contributed by atoms with Crippen LogP contribution in [-0.4, -0.2) is 26.0 Å². The number of unbranched alkanes of at least 4 members (excludes halogenated alkanes) is 2. The monoisotopic (exact) mass is 702 g/mol. The molecule has 0 aliphatic carbocycles. The lowest BCUT2D eigenvalue weighted by Crippen LogP contribution is -3.00. The highest BCUT2D eigenvalue weighted by atomic mass is 127. The number of rotatable bonds is 9. The average molecular weight is 702 g/mol. The van der Waals surface area contributed by atoms with Crippen molar-refractivity contribution in [2.24, 2.45) is 5.73 Å². The number of hydrogen-bond donors (Lipinski definition) is 2. The number of carbonyl (C=O) groups excluding carboxylic acids is 1. The number of carbonyl (C=O) groups is 1. The van der Waals surface area contributed by atoms with Crippen LogP contribution in [0.15, 0.2) is 70.7 Å². The number of thioether (sulfide) groups is 1. The van der Waals surface area contributed by atoms with Gasteiger partial charge < -0.3 is 39.9 Å². The summed E-state index contributed by atoms with van der Waals surface area (Å²) >= 11 is 1.82. The lowest BCUT2D eigenvalue weighted by molar-refractivity contribution is -0.671. The fourth-order valence-corrected chi connectivity index (χ4v) is 5.16. The van der Waals surface area contributed by atoms with E-state index in [1.165, 1.54) is 32.1 Å². The van der Waals surface area contributed by atoms with E-state index in [2.05, 4.69) is 88.7 Å². The van der Waals surface area contributed by atoms with Crippen molar-refractivity contribution in [1.82, 2.24) is 5.32 Å². The van der Waals surface area contributed by atoms with Crippen molar-refractivity contribution in [2.45, 2.75) is 37.1 Å². The molecule has 0 bridgehead atoms. The maximum atomic E-state index is 11.7. The predicted molar refractivity (Wildman–Crippen MR) is 149 cm³/mol. The summed E-state index contributed by atoms with van der Waals surface area (Å²) in [5.41, 5.74) is 9.15. The molecule has 1 amide bonds. The molecule has 1 aromatic heterocycles. The predicted octanol–water partition coefficient (Wildman–Crippen LogP) is 1.93. The number of nitrogens with zero attached hydrogens (tertiary/aromatic N) is 2. The van der Waals surface area contributed by atoms with E-state index < -0.39 is 0 Å². The molecule has 2 aromatic carbocycles. The van der Waals surface area contributed by atoms with Crippen LogP contribution in [0.25, 0.3) is 17.0 Å². The summed E-state index contributed by atoms with van der Waals surface area (Å²) in [6.45, 7) is 2.00. The molecule has 182 valence electrons. The van der Waals surface area contributed by atoms with E-state index >= 15 is 0 Å². The molecular formula is C26H32I2N4OS. The van der Waals surface area contributed by atoms with Crippen LogP contribution in [0.1, 0.15) is 31.2 Å². The van der Waals surface area contributed by atoms with Gasteiger partial charge in [-0.05, 0) is 42.7 Å². The topological polar surface area (TPSA) is 62.2 Å². The van der Waals surface area contributed by atoms with Crippen molar-refractivity contribution in [3.05, 3.63) is 71.4 Å². The average Bonchev–Trinajstić information content (AvgIpc) is 3.14. The van der Waals surface area contributed by atoms with E-state index in [1.54, 1.807) is 0 Å². The molecule has 0 fully saturated rings. The first-order chi connectivity index (χ1) is 15.7. The van der Waals surface area contributed by atoms with Crippen molar-refractivity contribution in [3.8, 4) is 0 Å². The van der Waals surface area contributed by atoms with Gasteiger partial charge in [-0.15, -0.1) is 24.0 Å². The molecule has 3 N–H and O–H groups in total. The van der Waals surface area contributed by atoms with Gasteiger partial charge in [0.25, 0.3) is 0 Å². The highest BCUT2D eigenvalue weighted by molar-refractivity contribution is 14.0. The summed E-state index contributed by atoms with van der Waals surface area (Å²) in [6.07, 6.45) is 8.04. The van der Waals surface area contributed by atoms with Gasteiger partial charge in [0.2, 0.25) is 11.4 Å². The smallest absolute Gasteiger partial charge is 0.220 e. The van der Waals surface area contributed by atoms with Crippen LogP contribution in [-0.2, 0) is 11.3 Å². The third-order valence-corrected chi connectivity index (χ3v) is 6.94. The van der Waals surface area contributed by atoms with Crippen LogP contribution in [0, 0.1) is 0 Å². The Bertz CT molecular complexity index is 1140. The van der Waals surface area contributed by atoms with Crippen molar-refractivity contribution in [2.75, 3.05) is 25.0 Å². The molecule has 34 heavy (non-hydrogen) atoms. The van der Waals surface area contributed by atoms with E-state index in [9.17, 15) is 4.79 Å². The Morgan fingerprint density at radius 2 is 1.85 bits per heavy atom. The standard InChI is InChI=1S/C26H30N4OS.2HI/c1-29-23-11-6-7-12-24(23)32-26(29)19-20-14-18-30(22-10-5-4-9-21(20)22)17-8-2-3-13-25(31)28-16-15-27;;/h4-7,9-12,14,18-19H,2-3,8,13,15-17,27H2,1H3;2*1H. The minimum atomic E-state index is 0. The quantitative estimate of drug-likeness (QED) is 0.204. The van der Waals surface area contributed by atoms with E-state index in [4.69, 9.17) is 5.73 Å². The van der Waals surface area contributed by atoms with E-state index in [1.807, 2.05) is 11.8 Å². The van der Waals surface area contributed by atoms with Gasteiger partial charge in [0.1, 0.15) is 6.54 Å². The van der Waals surface area contributed by atoms with Crippen LogP contribution < -0.4 is 44.5 Å². The van der Waals surface area contributed by atoms with Gasteiger partial charge in [0.15, 0.2) is 6.20 Å².